The van der Waals surface area contributed by atoms with Gasteiger partial charge in [0.25, 0.3) is 0 Å². The van der Waals surface area contributed by atoms with Gasteiger partial charge < -0.3 is 9.84 Å². The molecule has 0 aliphatic rings. The van der Waals surface area contributed by atoms with E-state index in [2.05, 4.69) is 22.0 Å². The summed E-state index contributed by atoms with van der Waals surface area (Å²) in [6.45, 7) is 0.235. The van der Waals surface area contributed by atoms with Crippen LogP contribution in [-0.2, 0) is 11.4 Å². The fourth-order valence-electron chi connectivity index (χ4n) is 1.85. The zero-order valence-corrected chi connectivity index (χ0v) is 13.1. The van der Waals surface area contributed by atoms with Crippen LogP contribution >= 0.6 is 15.9 Å². The third-order valence-electron chi connectivity index (χ3n) is 2.90. The van der Waals surface area contributed by atoms with Crippen LogP contribution in [-0.4, -0.2) is 11.1 Å². The number of nitriles is 1. The highest BCUT2D eigenvalue weighted by Crippen LogP contribution is 2.25. The molecule has 22 heavy (non-hydrogen) atoms. The van der Waals surface area contributed by atoms with Crippen LogP contribution in [0.15, 0.2) is 53.0 Å². The number of carboxylic acids is 1. The molecule has 0 saturated carbocycles. The van der Waals surface area contributed by atoms with E-state index in [1.54, 1.807) is 24.3 Å². The summed E-state index contributed by atoms with van der Waals surface area (Å²) in [6, 6.07) is 14.6. The number of halogens is 1. The van der Waals surface area contributed by atoms with E-state index in [-0.39, 0.29) is 6.61 Å². The molecular weight excluding hydrogens is 346 g/mol. The quantitative estimate of drug-likeness (QED) is 0.821. The summed E-state index contributed by atoms with van der Waals surface area (Å²) in [5, 5.41) is 17.8. The molecule has 0 fully saturated rings. The summed E-state index contributed by atoms with van der Waals surface area (Å²) in [7, 11) is 0. The standard InChI is InChI=1S/C17H12BrNO3/c18-15-6-7-16(12(9-15)5-8-17(20)21)22-11-14-4-2-1-3-13(14)10-19/h1-9H,11H2,(H,20,21). The molecule has 5 heteroatoms. The first kappa shape index (κ1) is 15.8. The van der Waals surface area contributed by atoms with Crippen LogP contribution in [0, 0.1) is 11.3 Å². The Balaban J connectivity index is 2.23. The van der Waals surface area contributed by atoms with E-state index in [9.17, 15) is 4.79 Å². The van der Waals surface area contributed by atoms with Crippen molar-refractivity contribution in [3.63, 3.8) is 0 Å². The number of ether oxygens (including phenoxy) is 1. The Morgan fingerprint density at radius 1 is 1.32 bits per heavy atom. The number of carboxylic acid groups (broad SMARTS) is 1. The molecule has 0 atom stereocenters. The minimum atomic E-state index is -1.03. The third-order valence-corrected chi connectivity index (χ3v) is 3.39. The zero-order valence-electron chi connectivity index (χ0n) is 11.5. The lowest BCUT2D eigenvalue weighted by Crippen LogP contribution is -1.99. The average Bonchev–Trinajstić information content (AvgIpc) is 2.52. The van der Waals surface area contributed by atoms with Gasteiger partial charge in [-0.1, -0.05) is 34.1 Å². The van der Waals surface area contributed by atoms with Crippen molar-refractivity contribution < 1.29 is 14.6 Å². The molecule has 0 aliphatic heterocycles. The predicted molar refractivity (Wildman–Crippen MR) is 86.3 cm³/mol. The highest BCUT2D eigenvalue weighted by molar-refractivity contribution is 9.10. The van der Waals surface area contributed by atoms with Crippen molar-refractivity contribution in [1.29, 1.82) is 5.26 Å². The fourth-order valence-corrected chi connectivity index (χ4v) is 2.23. The highest BCUT2D eigenvalue weighted by Gasteiger charge is 2.06. The van der Waals surface area contributed by atoms with Crippen LogP contribution in [0.5, 0.6) is 5.75 Å². The third kappa shape index (κ3) is 4.21. The van der Waals surface area contributed by atoms with Gasteiger partial charge in [-0.05, 0) is 30.3 Å². The van der Waals surface area contributed by atoms with Crippen LogP contribution < -0.4 is 4.74 Å². The van der Waals surface area contributed by atoms with Gasteiger partial charge >= 0.3 is 5.97 Å². The van der Waals surface area contributed by atoms with Crippen LogP contribution in [0.3, 0.4) is 0 Å². The molecule has 1 N–H and O–H groups in total. The van der Waals surface area contributed by atoms with Crippen molar-refractivity contribution in [1.82, 2.24) is 0 Å². The van der Waals surface area contributed by atoms with Gasteiger partial charge in [0.2, 0.25) is 0 Å². The molecule has 2 aromatic rings. The van der Waals surface area contributed by atoms with Gasteiger partial charge in [-0.3, -0.25) is 0 Å². The Morgan fingerprint density at radius 2 is 2.09 bits per heavy atom. The number of rotatable bonds is 5. The van der Waals surface area contributed by atoms with Gasteiger partial charge in [0.05, 0.1) is 11.6 Å². The molecule has 0 amide bonds. The van der Waals surface area contributed by atoms with Crippen molar-refractivity contribution in [2.45, 2.75) is 6.61 Å². The Bertz CT molecular complexity index is 763. The molecule has 0 spiro atoms. The molecule has 0 unspecified atom stereocenters. The second kappa shape index (κ2) is 7.43. The average molecular weight is 358 g/mol. The van der Waals surface area contributed by atoms with E-state index in [1.807, 2.05) is 18.2 Å². The smallest absolute Gasteiger partial charge is 0.328 e. The molecule has 2 aromatic carbocycles. The van der Waals surface area contributed by atoms with Crippen LogP contribution in [0.1, 0.15) is 16.7 Å². The van der Waals surface area contributed by atoms with Crippen molar-refractivity contribution >= 4 is 28.0 Å². The molecule has 110 valence electrons. The van der Waals surface area contributed by atoms with E-state index in [0.29, 0.717) is 16.9 Å². The Labute approximate surface area is 136 Å². The minimum Gasteiger partial charge on any atom is -0.488 e. The first-order valence-corrected chi connectivity index (χ1v) is 7.21. The number of carbonyl (C=O) groups is 1. The molecule has 2 rings (SSSR count). The second-order valence-corrected chi connectivity index (χ2v) is 5.33. The first-order chi connectivity index (χ1) is 10.6. The zero-order chi connectivity index (χ0) is 15.9. The Kier molecular flexibility index (Phi) is 5.34. The van der Waals surface area contributed by atoms with Crippen molar-refractivity contribution in [3.05, 3.63) is 69.7 Å². The number of hydrogen-bond donors (Lipinski definition) is 1. The van der Waals surface area contributed by atoms with Crippen molar-refractivity contribution in [2.24, 2.45) is 0 Å². The monoisotopic (exact) mass is 357 g/mol. The minimum absolute atomic E-state index is 0.235. The SMILES string of the molecule is N#Cc1ccccc1COc1ccc(Br)cc1C=CC(=O)O. The maximum Gasteiger partial charge on any atom is 0.328 e. The molecule has 0 aliphatic carbocycles. The molecule has 4 nitrogen and oxygen atoms in total. The van der Waals surface area contributed by atoms with Gasteiger partial charge in [-0.2, -0.15) is 5.26 Å². The van der Waals surface area contributed by atoms with Gasteiger partial charge in [-0.15, -0.1) is 0 Å². The number of benzene rings is 2. The van der Waals surface area contributed by atoms with Gasteiger partial charge in [0.15, 0.2) is 0 Å². The van der Waals surface area contributed by atoms with Crippen molar-refractivity contribution in [2.75, 3.05) is 0 Å². The lowest BCUT2D eigenvalue weighted by atomic mass is 10.1. The van der Waals surface area contributed by atoms with E-state index in [1.165, 1.54) is 6.08 Å². The van der Waals surface area contributed by atoms with Gasteiger partial charge in [-0.25, -0.2) is 4.79 Å². The second-order valence-electron chi connectivity index (χ2n) is 4.41. The summed E-state index contributed by atoms with van der Waals surface area (Å²) >= 11 is 3.34. The van der Waals surface area contributed by atoms with E-state index in [4.69, 9.17) is 15.1 Å². The van der Waals surface area contributed by atoms with Crippen LogP contribution in [0.25, 0.3) is 6.08 Å². The maximum atomic E-state index is 10.7. The van der Waals surface area contributed by atoms with E-state index in [0.717, 1.165) is 16.1 Å². The largest absolute Gasteiger partial charge is 0.488 e. The van der Waals surface area contributed by atoms with Gasteiger partial charge in [0, 0.05) is 21.7 Å². The first-order valence-electron chi connectivity index (χ1n) is 6.41. The van der Waals surface area contributed by atoms with Crippen molar-refractivity contribution in [3.8, 4) is 11.8 Å². The highest BCUT2D eigenvalue weighted by atomic mass is 79.9. The Morgan fingerprint density at radius 3 is 2.82 bits per heavy atom. The molecule has 0 aromatic heterocycles. The lowest BCUT2D eigenvalue weighted by molar-refractivity contribution is -0.131. The number of nitrogens with zero attached hydrogens (tertiary/aromatic N) is 1. The maximum absolute atomic E-state index is 10.7. The fraction of sp³-hybridized carbons (Fsp3) is 0.0588. The molecule has 0 radical (unpaired) electrons. The van der Waals surface area contributed by atoms with E-state index < -0.39 is 5.97 Å². The predicted octanol–water partition coefficient (Wildman–Crippen LogP) is 4.00. The summed E-state index contributed by atoms with van der Waals surface area (Å²) in [6.07, 6.45) is 2.52. The summed E-state index contributed by atoms with van der Waals surface area (Å²) < 4.78 is 6.56. The summed E-state index contributed by atoms with van der Waals surface area (Å²) in [5.74, 6) is -0.478. The molecular formula is C17H12BrNO3. The van der Waals surface area contributed by atoms with E-state index >= 15 is 0 Å². The van der Waals surface area contributed by atoms with Gasteiger partial charge in [0.1, 0.15) is 12.4 Å². The topological polar surface area (TPSA) is 70.3 Å². The summed E-state index contributed by atoms with van der Waals surface area (Å²) in [5.41, 5.74) is 1.98. The normalized spacial score (nSPS) is 10.4. The Hall–Kier alpha value is -2.58. The molecule has 0 heterocycles. The lowest BCUT2D eigenvalue weighted by Gasteiger charge is -2.10. The van der Waals surface area contributed by atoms with Crippen LogP contribution in [0.2, 0.25) is 0 Å². The van der Waals surface area contributed by atoms with Crippen LogP contribution in [0.4, 0.5) is 0 Å². The molecule has 0 saturated heterocycles. The molecule has 0 bridgehead atoms. The number of aliphatic carboxylic acids is 1. The summed E-state index contributed by atoms with van der Waals surface area (Å²) in [4.78, 5) is 10.7. The number of hydrogen-bond acceptors (Lipinski definition) is 3.